The number of rotatable bonds is 4. The van der Waals surface area contributed by atoms with Gasteiger partial charge in [0.2, 0.25) is 0 Å². The van der Waals surface area contributed by atoms with Crippen LogP contribution in [0.5, 0.6) is 5.75 Å². The average Bonchev–Trinajstić information content (AvgIpc) is 3.21. The minimum Gasteiger partial charge on any atom is -0.505 e. The van der Waals surface area contributed by atoms with Crippen molar-refractivity contribution in [3.8, 4) is 5.75 Å². The molecule has 3 rings (SSSR count). The number of benzene rings is 1. The number of nitrogens with zero attached hydrogens (tertiary/aromatic N) is 3. The highest BCUT2D eigenvalue weighted by Crippen LogP contribution is 2.37. The van der Waals surface area contributed by atoms with Crippen LogP contribution in [0.1, 0.15) is 48.7 Å². The summed E-state index contributed by atoms with van der Waals surface area (Å²) in [6.45, 7) is 7.67. The number of aliphatic imine (C=N–C) groups is 1. The second-order valence-corrected chi connectivity index (χ2v) is 10.1. The lowest BCUT2D eigenvalue weighted by Gasteiger charge is -2.26. The Morgan fingerprint density at radius 1 is 1.25 bits per heavy atom. The molecule has 11 heteroatoms. The molecule has 0 saturated heterocycles. The number of aryl methyl sites for hydroxylation is 1. The van der Waals surface area contributed by atoms with Crippen LogP contribution < -0.4 is 10.0 Å². The molecular formula is C21H27N5O5S. The first kappa shape index (κ1) is 23.3. The van der Waals surface area contributed by atoms with E-state index < -0.39 is 27.6 Å². The zero-order valence-electron chi connectivity index (χ0n) is 18.8. The molecule has 0 fully saturated rings. The number of anilines is 1. The Kier molecular flexibility index (Phi) is 6.05. The number of carbonyl (C=O) groups excluding carboxylic acids is 1. The zero-order valence-corrected chi connectivity index (χ0v) is 19.6. The molecule has 0 aliphatic carbocycles. The summed E-state index contributed by atoms with van der Waals surface area (Å²) in [6, 6.07) is 7.63. The van der Waals surface area contributed by atoms with Crippen molar-refractivity contribution in [2.75, 3.05) is 19.4 Å². The first-order valence-corrected chi connectivity index (χ1v) is 11.3. The number of hydrogen-bond donors (Lipinski definition) is 3. The van der Waals surface area contributed by atoms with Crippen LogP contribution in [0.2, 0.25) is 0 Å². The molecule has 0 radical (unpaired) electrons. The number of phenols is 1. The van der Waals surface area contributed by atoms with Gasteiger partial charge in [0.1, 0.15) is 17.6 Å². The fraction of sp³-hybridized carbons (Fsp3) is 0.381. The van der Waals surface area contributed by atoms with E-state index in [9.17, 15) is 18.3 Å². The van der Waals surface area contributed by atoms with Gasteiger partial charge in [-0.3, -0.25) is 9.79 Å². The molecule has 1 atom stereocenters. The molecule has 172 valence electrons. The third-order valence-electron chi connectivity index (χ3n) is 4.70. The summed E-state index contributed by atoms with van der Waals surface area (Å²) in [5, 5.41) is 13.4. The summed E-state index contributed by atoms with van der Waals surface area (Å²) in [7, 11) is -0.903. The highest BCUT2D eigenvalue weighted by Gasteiger charge is 2.34. The van der Waals surface area contributed by atoms with Crippen LogP contribution in [0.4, 0.5) is 5.69 Å². The van der Waals surface area contributed by atoms with Gasteiger partial charge in [0.15, 0.2) is 17.4 Å². The Balaban J connectivity index is 2.02. The molecular weight excluding hydrogens is 434 g/mol. The first-order chi connectivity index (χ1) is 14.8. The van der Waals surface area contributed by atoms with Crippen LogP contribution in [0.15, 0.2) is 44.1 Å². The summed E-state index contributed by atoms with van der Waals surface area (Å²) < 4.78 is 36.1. The van der Waals surface area contributed by atoms with E-state index in [1.54, 1.807) is 26.2 Å². The number of furan rings is 1. The third-order valence-corrected chi connectivity index (χ3v) is 5.57. The molecule has 1 aliphatic rings. The number of aromatic hydroxyl groups is 1. The maximum atomic E-state index is 12.3. The molecule has 1 aromatic heterocycles. The lowest BCUT2D eigenvalue weighted by atomic mass is 9.85. The zero-order chi connectivity index (χ0) is 23.8. The Labute approximate surface area is 187 Å². The molecule has 2 aromatic rings. The molecule has 0 saturated carbocycles. The number of hydrogen-bond acceptors (Lipinski definition) is 7. The van der Waals surface area contributed by atoms with Crippen molar-refractivity contribution in [3.63, 3.8) is 0 Å². The third kappa shape index (κ3) is 4.93. The predicted octanol–water partition coefficient (Wildman–Crippen LogP) is 2.84. The van der Waals surface area contributed by atoms with E-state index in [-0.39, 0.29) is 28.7 Å². The van der Waals surface area contributed by atoms with Crippen molar-refractivity contribution in [2.24, 2.45) is 14.8 Å². The lowest BCUT2D eigenvalue weighted by molar-refractivity contribution is 0.0824. The van der Waals surface area contributed by atoms with Gasteiger partial charge in [0.25, 0.3) is 5.91 Å². The van der Waals surface area contributed by atoms with E-state index in [2.05, 4.69) is 19.4 Å². The number of amides is 1. The molecule has 2 heterocycles. The van der Waals surface area contributed by atoms with Gasteiger partial charge in [-0.1, -0.05) is 26.8 Å². The summed E-state index contributed by atoms with van der Waals surface area (Å²) in [4.78, 5) is 18.2. The monoisotopic (exact) mass is 461 g/mol. The first-order valence-electron chi connectivity index (χ1n) is 9.86. The maximum Gasteiger partial charge on any atom is 0.345 e. The molecule has 10 nitrogen and oxygen atoms in total. The fourth-order valence-electron chi connectivity index (χ4n) is 3.13. The number of phenolic OH excluding ortho intramolecular Hbond substituents is 1. The SMILES string of the molecule is Cc1ccc([C@H](N=C2NS(=O)(=O)N=C2Nc2cccc(C(=O)N(C)C)c2O)C(C)(C)C)o1. The smallest absolute Gasteiger partial charge is 0.345 e. The topological polar surface area (TPSA) is 137 Å². The Morgan fingerprint density at radius 3 is 2.50 bits per heavy atom. The summed E-state index contributed by atoms with van der Waals surface area (Å²) in [5.41, 5.74) is -0.230. The highest BCUT2D eigenvalue weighted by molar-refractivity contribution is 7.89. The van der Waals surface area contributed by atoms with Crippen LogP contribution in [0.25, 0.3) is 0 Å². The van der Waals surface area contributed by atoms with Crippen LogP contribution >= 0.6 is 0 Å². The van der Waals surface area contributed by atoms with E-state index in [1.807, 2.05) is 33.8 Å². The number of carbonyl (C=O) groups is 1. The Bertz CT molecular complexity index is 1210. The van der Waals surface area contributed by atoms with Gasteiger partial charge in [-0.2, -0.15) is 8.42 Å². The number of nitrogens with one attached hydrogen (secondary N) is 2. The second kappa shape index (κ2) is 8.30. The maximum absolute atomic E-state index is 12.3. The van der Waals surface area contributed by atoms with E-state index in [0.29, 0.717) is 11.5 Å². The summed E-state index contributed by atoms with van der Waals surface area (Å²) >= 11 is 0. The normalized spacial score (nSPS) is 17.6. The van der Waals surface area contributed by atoms with Crippen molar-refractivity contribution in [1.82, 2.24) is 9.62 Å². The highest BCUT2D eigenvalue weighted by atomic mass is 32.2. The molecule has 1 aromatic carbocycles. The van der Waals surface area contributed by atoms with Gasteiger partial charge < -0.3 is 19.7 Å². The van der Waals surface area contributed by atoms with E-state index >= 15 is 0 Å². The molecule has 1 amide bonds. The van der Waals surface area contributed by atoms with Crippen LogP contribution in [0, 0.1) is 12.3 Å². The Morgan fingerprint density at radius 2 is 1.94 bits per heavy atom. The molecule has 0 unspecified atom stereocenters. The second-order valence-electron chi connectivity index (χ2n) is 8.74. The number of para-hydroxylation sites is 1. The van der Waals surface area contributed by atoms with E-state index in [1.165, 1.54) is 17.0 Å². The minimum absolute atomic E-state index is 0.0253. The van der Waals surface area contributed by atoms with Gasteiger partial charge >= 0.3 is 10.2 Å². The van der Waals surface area contributed by atoms with Gasteiger partial charge in [-0.15, -0.1) is 4.40 Å². The van der Waals surface area contributed by atoms with Crippen LogP contribution in [-0.4, -0.2) is 50.1 Å². The van der Waals surface area contributed by atoms with E-state index in [4.69, 9.17) is 4.42 Å². The van der Waals surface area contributed by atoms with Gasteiger partial charge in [-0.25, -0.2) is 4.72 Å². The van der Waals surface area contributed by atoms with Crippen molar-refractivity contribution in [1.29, 1.82) is 0 Å². The Hall–Kier alpha value is -3.34. The molecule has 0 spiro atoms. The lowest BCUT2D eigenvalue weighted by Crippen LogP contribution is -2.32. The largest absolute Gasteiger partial charge is 0.505 e. The number of amidine groups is 2. The van der Waals surface area contributed by atoms with E-state index in [0.717, 1.165) is 0 Å². The fourth-order valence-corrected chi connectivity index (χ4v) is 3.94. The summed E-state index contributed by atoms with van der Waals surface area (Å²) in [6.07, 6.45) is 0. The standard InChI is InChI=1S/C21H27N5O5S/c1-12-10-11-15(31-12)17(21(2,3)4)23-19-18(24-32(29,30)25-19)22-14-9-7-8-13(16(14)27)20(28)26(5)6/h7-11,17,27H,1-6H3,(H,22,24)(H,23,25)/t17-/m0/s1. The molecule has 32 heavy (non-hydrogen) atoms. The molecule has 1 aliphatic heterocycles. The summed E-state index contributed by atoms with van der Waals surface area (Å²) in [5.74, 6) is 0.428. The minimum atomic E-state index is -4.03. The van der Waals surface area contributed by atoms with Crippen LogP contribution in [0.3, 0.4) is 0 Å². The molecule has 0 bridgehead atoms. The van der Waals surface area contributed by atoms with Crippen molar-refractivity contribution in [3.05, 3.63) is 47.4 Å². The van der Waals surface area contributed by atoms with Crippen molar-refractivity contribution >= 4 is 33.5 Å². The van der Waals surface area contributed by atoms with Gasteiger partial charge in [-0.05, 0) is 36.6 Å². The van der Waals surface area contributed by atoms with Crippen molar-refractivity contribution in [2.45, 2.75) is 33.7 Å². The predicted molar refractivity (Wildman–Crippen MR) is 122 cm³/mol. The van der Waals surface area contributed by atoms with Crippen molar-refractivity contribution < 1.29 is 22.7 Å². The van der Waals surface area contributed by atoms with Crippen LogP contribution in [-0.2, 0) is 10.2 Å². The average molecular weight is 462 g/mol. The van der Waals surface area contributed by atoms with Gasteiger partial charge in [0, 0.05) is 14.1 Å². The van der Waals surface area contributed by atoms with Gasteiger partial charge in [0.05, 0.1) is 11.3 Å². The molecule has 3 N–H and O–H groups in total. The quantitative estimate of drug-likeness (QED) is 0.599.